The van der Waals surface area contributed by atoms with Gasteiger partial charge in [0.15, 0.2) is 12.6 Å². The number of carbonyl (C=O) groups is 1. The topological polar surface area (TPSA) is 35.5 Å². The van der Waals surface area contributed by atoms with Crippen molar-refractivity contribution in [1.29, 1.82) is 0 Å². The highest BCUT2D eigenvalue weighted by Gasteiger charge is 2.27. The molecule has 0 aliphatic carbocycles. The number of ether oxygens (including phenoxy) is 2. The molecule has 1 saturated heterocycles. The molecule has 0 amide bonds. The first-order valence-corrected chi connectivity index (χ1v) is 5.57. The van der Waals surface area contributed by atoms with E-state index < -0.39 is 0 Å². The number of hydrogen-bond donors (Lipinski definition) is 0. The normalized spacial score (nSPS) is 26.6. The van der Waals surface area contributed by atoms with Crippen LogP contribution in [0.1, 0.15) is 24.8 Å². The molecule has 0 spiro atoms. The number of aldehydes is 1. The zero-order chi connectivity index (χ0) is 11.4. The molecule has 86 valence electrons. The fourth-order valence-corrected chi connectivity index (χ4v) is 1.88. The Hall–Kier alpha value is -1.19. The van der Waals surface area contributed by atoms with Crippen molar-refractivity contribution in [3.63, 3.8) is 0 Å². The largest absolute Gasteiger partial charge is 0.349 e. The fraction of sp³-hybridized carbons (Fsp3) is 0.462. The van der Waals surface area contributed by atoms with E-state index >= 15 is 0 Å². The Labute approximate surface area is 95.4 Å². The molecule has 1 aliphatic rings. The maximum Gasteiger partial charge on any atom is 0.159 e. The van der Waals surface area contributed by atoms with Crippen LogP contribution in [0.15, 0.2) is 30.3 Å². The average molecular weight is 220 g/mol. The third-order valence-electron chi connectivity index (χ3n) is 2.84. The molecule has 0 saturated carbocycles. The summed E-state index contributed by atoms with van der Waals surface area (Å²) in [7, 11) is 0. The van der Waals surface area contributed by atoms with E-state index in [9.17, 15) is 4.79 Å². The van der Waals surface area contributed by atoms with Gasteiger partial charge in [0, 0.05) is 6.42 Å². The highest BCUT2D eigenvalue weighted by atomic mass is 16.7. The van der Waals surface area contributed by atoms with Gasteiger partial charge >= 0.3 is 0 Å². The van der Waals surface area contributed by atoms with Crippen molar-refractivity contribution in [3.8, 4) is 0 Å². The van der Waals surface area contributed by atoms with E-state index in [1.54, 1.807) is 0 Å². The summed E-state index contributed by atoms with van der Waals surface area (Å²) in [5.74, 6) is 0.372. The van der Waals surface area contributed by atoms with Crippen LogP contribution >= 0.6 is 0 Å². The van der Waals surface area contributed by atoms with Gasteiger partial charge in [-0.25, -0.2) is 0 Å². The van der Waals surface area contributed by atoms with Gasteiger partial charge in [0.1, 0.15) is 6.10 Å². The van der Waals surface area contributed by atoms with Gasteiger partial charge in [-0.1, -0.05) is 37.3 Å². The molecule has 0 aromatic heterocycles. The van der Waals surface area contributed by atoms with Gasteiger partial charge in [0.05, 0.1) is 6.61 Å². The Balaban J connectivity index is 1.89. The lowest BCUT2D eigenvalue weighted by atomic mass is 9.98. The van der Waals surface area contributed by atoms with E-state index in [1.165, 1.54) is 5.56 Å². The summed E-state index contributed by atoms with van der Waals surface area (Å²) in [5, 5.41) is 0. The summed E-state index contributed by atoms with van der Waals surface area (Å²) < 4.78 is 10.8. The van der Waals surface area contributed by atoms with Crippen LogP contribution in [0.4, 0.5) is 0 Å². The Morgan fingerprint density at radius 2 is 2.19 bits per heavy atom. The Bertz CT molecular complexity index is 336. The lowest BCUT2D eigenvalue weighted by molar-refractivity contribution is -0.120. The molecule has 1 aromatic rings. The standard InChI is InChI=1S/C13H16O3/c1-10(11-5-3-2-4-6-11)7-13-15-9-12(8-14)16-13/h2-6,8,10,12-13H,7,9H2,1H3. The summed E-state index contributed by atoms with van der Waals surface area (Å²) in [5.41, 5.74) is 1.27. The lowest BCUT2D eigenvalue weighted by Crippen LogP contribution is -2.15. The van der Waals surface area contributed by atoms with Crippen LogP contribution in [0.25, 0.3) is 0 Å². The van der Waals surface area contributed by atoms with Gasteiger partial charge in [-0.05, 0) is 11.5 Å². The smallest absolute Gasteiger partial charge is 0.159 e. The number of carbonyl (C=O) groups excluding carboxylic acids is 1. The summed E-state index contributed by atoms with van der Waals surface area (Å²) in [6, 6.07) is 10.2. The second kappa shape index (κ2) is 5.23. The lowest BCUT2D eigenvalue weighted by Gasteiger charge is -2.16. The number of rotatable bonds is 4. The minimum absolute atomic E-state index is 0.245. The van der Waals surface area contributed by atoms with Gasteiger partial charge < -0.3 is 14.3 Å². The quantitative estimate of drug-likeness (QED) is 0.729. The molecule has 0 bridgehead atoms. The van der Waals surface area contributed by atoms with Crippen LogP contribution in [-0.2, 0) is 14.3 Å². The molecule has 1 heterocycles. The van der Waals surface area contributed by atoms with E-state index in [0.717, 1.165) is 12.7 Å². The Kier molecular flexibility index (Phi) is 3.70. The molecule has 3 nitrogen and oxygen atoms in total. The highest BCUT2D eigenvalue weighted by Crippen LogP contribution is 2.25. The number of benzene rings is 1. The predicted molar refractivity (Wildman–Crippen MR) is 60.2 cm³/mol. The van der Waals surface area contributed by atoms with Gasteiger partial charge in [-0.15, -0.1) is 0 Å². The van der Waals surface area contributed by atoms with Crippen molar-refractivity contribution >= 4 is 6.29 Å². The molecule has 2 rings (SSSR count). The molecule has 3 unspecified atom stereocenters. The van der Waals surface area contributed by atoms with E-state index in [2.05, 4.69) is 19.1 Å². The van der Waals surface area contributed by atoms with Crippen LogP contribution in [0.5, 0.6) is 0 Å². The Morgan fingerprint density at radius 3 is 2.81 bits per heavy atom. The maximum atomic E-state index is 10.5. The third kappa shape index (κ3) is 2.68. The summed E-state index contributed by atoms with van der Waals surface area (Å²) in [4.78, 5) is 10.5. The number of hydrogen-bond acceptors (Lipinski definition) is 3. The summed E-state index contributed by atoms with van der Waals surface area (Å²) in [6.45, 7) is 2.52. The van der Waals surface area contributed by atoms with E-state index in [-0.39, 0.29) is 12.4 Å². The molecule has 0 N–H and O–H groups in total. The van der Waals surface area contributed by atoms with Crippen molar-refractivity contribution in [3.05, 3.63) is 35.9 Å². The maximum absolute atomic E-state index is 10.5. The SMILES string of the molecule is CC(CC1OCC(C=O)O1)c1ccccc1. The van der Waals surface area contributed by atoms with Crippen LogP contribution in [-0.4, -0.2) is 25.3 Å². The van der Waals surface area contributed by atoms with Crippen molar-refractivity contribution in [2.45, 2.75) is 31.7 Å². The van der Waals surface area contributed by atoms with Crippen molar-refractivity contribution < 1.29 is 14.3 Å². The van der Waals surface area contributed by atoms with Crippen LogP contribution in [0.2, 0.25) is 0 Å². The fourth-order valence-electron chi connectivity index (χ4n) is 1.88. The molecule has 1 fully saturated rings. The van der Waals surface area contributed by atoms with Gasteiger partial charge in [-0.3, -0.25) is 0 Å². The Morgan fingerprint density at radius 1 is 1.44 bits per heavy atom. The molecule has 1 aromatic carbocycles. The van der Waals surface area contributed by atoms with Gasteiger partial charge in [0.2, 0.25) is 0 Å². The van der Waals surface area contributed by atoms with Crippen molar-refractivity contribution in [2.24, 2.45) is 0 Å². The van der Waals surface area contributed by atoms with Gasteiger partial charge in [-0.2, -0.15) is 0 Å². The zero-order valence-corrected chi connectivity index (χ0v) is 9.34. The molecule has 1 aliphatic heterocycles. The second-order valence-electron chi connectivity index (χ2n) is 4.12. The van der Waals surface area contributed by atoms with Crippen LogP contribution in [0, 0.1) is 0 Å². The molecule has 3 heteroatoms. The van der Waals surface area contributed by atoms with E-state index in [0.29, 0.717) is 12.5 Å². The first-order valence-electron chi connectivity index (χ1n) is 5.57. The van der Waals surface area contributed by atoms with Crippen molar-refractivity contribution in [2.75, 3.05) is 6.61 Å². The van der Waals surface area contributed by atoms with E-state index in [4.69, 9.17) is 9.47 Å². The molecular formula is C13H16O3. The summed E-state index contributed by atoms with van der Waals surface area (Å²) >= 11 is 0. The first kappa shape index (κ1) is 11.3. The summed E-state index contributed by atoms with van der Waals surface area (Å²) in [6.07, 6.45) is 0.958. The minimum Gasteiger partial charge on any atom is -0.349 e. The average Bonchev–Trinajstić information content (AvgIpc) is 2.78. The third-order valence-corrected chi connectivity index (χ3v) is 2.84. The highest BCUT2D eigenvalue weighted by molar-refractivity contribution is 5.56. The first-order chi connectivity index (χ1) is 7.79. The van der Waals surface area contributed by atoms with Crippen LogP contribution in [0.3, 0.4) is 0 Å². The molecular weight excluding hydrogens is 204 g/mol. The van der Waals surface area contributed by atoms with E-state index in [1.807, 2.05) is 18.2 Å². The molecule has 0 radical (unpaired) electrons. The second-order valence-corrected chi connectivity index (χ2v) is 4.12. The minimum atomic E-state index is -0.382. The predicted octanol–water partition coefficient (Wildman–Crippen LogP) is 2.12. The molecule has 3 atom stereocenters. The van der Waals surface area contributed by atoms with Crippen molar-refractivity contribution in [1.82, 2.24) is 0 Å². The van der Waals surface area contributed by atoms with Crippen LogP contribution < -0.4 is 0 Å². The zero-order valence-electron chi connectivity index (χ0n) is 9.34. The monoisotopic (exact) mass is 220 g/mol. The van der Waals surface area contributed by atoms with Gasteiger partial charge in [0.25, 0.3) is 0 Å². The molecule has 16 heavy (non-hydrogen) atoms.